The van der Waals surface area contributed by atoms with Gasteiger partial charge in [0, 0.05) is 23.1 Å². The first-order chi connectivity index (χ1) is 10.7. The Bertz CT molecular complexity index is 555. The maximum Gasteiger partial charge on any atom is 0.246 e. The predicted molar refractivity (Wildman–Crippen MR) is 89.8 cm³/mol. The van der Waals surface area contributed by atoms with Crippen LogP contribution in [0.2, 0.25) is 0 Å². The summed E-state index contributed by atoms with van der Waals surface area (Å²) in [5, 5.41) is 6.40. The quantitative estimate of drug-likeness (QED) is 0.877. The number of hydrogen-bond donors (Lipinski definition) is 2. The summed E-state index contributed by atoms with van der Waals surface area (Å²) in [5.74, 6) is 0.836. The Hall–Kier alpha value is -1.49. The van der Waals surface area contributed by atoms with Gasteiger partial charge in [-0.1, -0.05) is 25.0 Å². The number of amides is 2. The molecule has 0 unspecified atom stereocenters. The first kappa shape index (κ1) is 15.4. The molecule has 0 radical (unpaired) electrons. The van der Waals surface area contributed by atoms with E-state index in [0.29, 0.717) is 12.8 Å². The highest BCUT2D eigenvalue weighted by Gasteiger charge is 2.27. The molecule has 1 saturated carbocycles. The fraction of sp³-hybridized carbons (Fsp3) is 0.529. The number of nitrogens with one attached hydrogen (secondary N) is 2. The van der Waals surface area contributed by atoms with E-state index in [0.717, 1.165) is 16.7 Å². The van der Waals surface area contributed by atoms with Crippen LogP contribution in [0.5, 0.6) is 0 Å². The van der Waals surface area contributed by atoms with E-state index in [-0.39, 0.29) is 17.9 Å². The number of benzene rings is 1. The minimum atomic E-state index is -0.385. The molecule has 1 aliphatic heterocycles. The normalized spacial score (nSPS) is 21.8. The molecular weight excluding hydrogens is 296 g/mol. The molecule has 4 nitrogen and oxygen atoms in total. The fourth-order valence-electron chi connectivity index (χ4n) is 3.05. The Morgan fingerprint density at radius 2 is 2.09 bits per heavy atom. The van der Waals surface area contributed by atoms with Gasteiger partial charge in [0.1, 0.15) is 6.04 Å². The van der Waals surface area contributed by atoms with Gasteiger partial charge in [0.05, 0.1) is 0 Å². The predicted octanol–water partition coefficient (Wildman–Crippen LogP) is 3.08. The zero-order chi connectivity index (χ0) is 15.4. The van der Waals surface area contributed by atoms with Crippen LogP contribution in [-0.4, -0.2) is 23.1 Å². The molecule has 0 aromatic heterocycles. The molecule has 22 heavy (non-hydrogen) atoms. The van der Waals surface area contributed by atoms with Gasteiger partial charge >= 0.3 is 0 Å². The molecule has 2 aliphatic rings. The fourth-order valence-corrected chi connectivity index (χ4v) is 4.32. The van der Waals surface area contributed by atoms with Crippen LogP contribution in [0.25, 0.3) is 0 Å². The lowest BCUT2D eigenvalue weighted by Gasteiger charge is -2.13. The summed E-state index contributed by atoms with van der Waals surface area (Å²) in [4.78, 5) is 23.3. The lowest BCUT2D eigenvalue weighted by atomic mass is 10.2. The highest BCUT2D eigenvalue weighted by Crippen LogP contribution is 2.31. The number of carbonyl (C=O) groups excluding carboxylic acids is 2. The summed E-state index contributed by atoms with van der Waals surface area (Å²) in [6.07, 6.45) is 6.42. The molecule has 1 aliphatic carbocycles. The van der Waals surface area contributed by atoms with Crippen molar-refractivity contribution in [3.05, 3.63) is 29.8 Å². The van der Waals surface area contributed by atoms with E-state index in [2.05, 4.69) is 16.7 Å². The van der Waals surface area contributed by atoms with Crippen molar-refractivity contribution < 1.29 is 9.59 Å². The summed E-state index contributed by atoms with van der Waals surface area (Å²) in [6, 6.07) is 7.64. The van der Waals surface area contributed by atoms with Gasteiger partial charge in [-0.2, -0.15) is 11.8 Å². The molecule has 1 saturated heterocycles. The van der Waals surface area contributed by atoms with Crippen LogP contribution >= 0.6 is 11.8 Å². The highest BCUT2D eigenvalue weighted by molar-refractivity contribution is 7.99. The van der Waals surface area contributed by atoms with Crippen molar-refractivity contribution in [2.75, 3.05) is 5.32 Å². The van der Waals surface area contributed by atoms with E-state index in [1.54, 1.807) is 0 Å². The second kappa shape index (κ2) is 7.18. The summed E-state index contributed by atoms with van der Waals surface area (Å²) in [7, 11) is 0. The van der Waals surface area contributed by atoms with Gasteiger partial charge < -0.3 is 10.6 Å². The Kier molecular flexibility index (Phi) is 5.03. The van der Waals surface area contributed by atoms with E-state index in [4.69, 9.17) is 0 Å². The lowest BCUT2D eigenvalue weighted by Crippen LogP contribution is -2.37. The number of rotatable bonds is 5. The Balaban J connectivity index is 1.54. The molecule has 2 amide bonds. The average molecular weight is 318 g/mol. The van der Waals surface area contributed by atoms with Crippen molar-refractivity contribution in [1.82, 2.24) is 5.32 Å². The van der Waals surface area contributed by atoms with Gasteiger partial charge in [0.15, 0.2) is 0 Å². The standard InChI is InChI=1S/C17H22N2O2S/c20-16-9-8-15(19-16)17(21)18-13-5-3-4-12(10-13)11-22-14-6-1-2-7-14/h3-5,10,14-15H,1-2,6-9,11H2,(H,18,21)(H,19,20)/t15-/m1/s1. The largest absolute Gasteiger partial charge is 0.344 e. The molecule has 5 heteroatoms. The van der Waals surface area contributed by atoms with Gasteiger partial charge in [-0.25, -0.2) is 0 Å². The number of anilines is 1. The van der Waals surface area contributed by atoms with E-state index in [1.165, 1.54) is 31.2 Å². The van der Waals surface area contributed by atoms with Crippen LogP contribution in [0.1, 0.15) is 44.1 Å². The van der Waals surface area contributed by atoms with Crippen molar-refractivity contribution in [2.24, 2.45) is 0 Å². The summed E-state index contributed by atoms with van der Waals surface area (Å²) in [5.41, 5.74) is 2.06. The Morgan fingerprint density at radius 1 is 1.27 bits per heavy atom. The third-order valence-corrected chi connectivity index (χ3v) is 5.74. The zero-order valence-corrected chi connectivity index (χ0v) is 13.5. The monoisotopic (exact) mass is 318 g/mol. The Morgan fingerprint density at radius 3 is 2.82 bits per heavy atom. The molecule has 2 fully saturated rings. The summed E-state index contributed by atoms with van der Waals surface area (Å²) in [6.45, 7) is 0. The molecular formula is C17H22N2O2S. The second-order valence-electron chi connectivity index (χ2n) is 6.07. The van der Waals surface area contributed by atoms with E-state index in [9.17, 15) is 9.59 Å². The average Bonchev–Trinajstić information content (AvgIpc) is 3.17. The third-order valence-electron chi connectivity index (χ3n) is 4.29. The minimum absolute atomic E-state index is 0.0399. The van der Waals surface area contributed by atoms with Gasteiger partial charge in [-0.3, -0.25) is 9.59 Å². The van der Waals surface area contributed by atoms with Crippen LogP contribution in [0.4, 0.5) is 5.69 Å². The van der Waals surface area contributed by atoms with Gasteiger partial charge in [-0.15, -0.1) is 0 Å². The molecule has 0 spiro atoms. The first-order valence-corrected chi connectivity index (χ1v) is 9.06. The van der Waals surface area contributed by atoms with Crippen LogP contribution in [-0.2, 0) is 15.3 Å². The first-order valence-electron chi connectivity index (χ1n) is 8.01. The number of thioether (sulfide) groups is 1. The number of hydrogen-bond acceptors (Lipinski definition) is 3. The molecule has 1 aromatic carbocycles. The summed E-state index contributed by atoms with van der Waals surface area (Å²) >= 11 is 2.02. The van der Waals surface area contributed by atoms with Crippen LogP contribution < -0.4 is 10.6 Å². The maximum absolute atomic E-state index is 12.1. The van der Waals surface area contributed by atoms with Crippen molar-refractivity contribution >= 4 is 29.3 Å². The zero-order valence-electron chi connectivity index (χ0n) is 12.6. The van der Waals surface area contributed by atoms with Crippen molar-refractivity contribution in [3.63, 3.8) is 0 Å². The molecule has 0 bridgehead atoms. The highest BCUT2D eigenvalue weighted by atomic mass is 32.2. The van der Waals surface area contributed by atoms with Crippen LogP contribution in [0.3, 0.4) is 0 Å². The Labute approximate surface area is 135 Å². The topological polar surface area (TPSA) is 58.2 Å². The molecule has 2 N–H and O–H groups in total. The van der Waals surface area contributed by atoms with E-state index < -0.39 is 0 Å². The third kappa shape index (κ3) is 4.03. The SMILES string of the molecule is O=C1CC[C@H](C(=O)Nc2cccc(CSC3CCCC3)c2)N1. The smallest absolute Gasteiger partial charge is 0.246 e. The van der Waals surface area contributed by atoms with E-state index >= 15 is 0 Å². The molecule has 1 aromatic rings. The maximum atomic E-state index is 12.1. The second-order valence-corrected chi connectivity index (χ2v) is 7.35. The molecule has 3 rings (SSSR count). The molecule has 1 atom stereocenters. The van der Waals surface area contributed by atoms with Crippen LogP contribution in [0, 0.1) is 0 Å². The van der Waals surface area contributed by atoms with Gasteiger partial charge in [-0.05, 0) is 37.0 Å². The van der Waals surface area contributed by atoms with Crippen molar-refractivity contribution in [2.45, 2.75) is 55.6 Å². The summed E-state index contributed by atoms with van der Waals surface area (Å²) < 4.78 is 0. The van der Waals surface area contributed by atoms with Crippen molar-refractivity contribution in [3.8, 4) is 0 Å². The lowest BCUT2D eigenvalue weighted by molar-refractivity contribution is -0.122. The van der Waals surface area contributed by atoms with Crippen molar-refractivity contribution in [1.29, 1.82) is 0 Å². The van der Waals surface area contributed by atoms with Gasteiger partial charge in [0.2, 0.25) is 11.8 Å². The van der Waals surface area contributed by atoms with Crippen LogP contribution in [0.15, 0.2) is 24.3 Å². The minimum Gasteiger partial charge on any atom is -0.344 e. The van der Waals surface area contributed by atoms with Gasteiger partial charge in [0.25, 0.3) is 0 Å². The number of carbonyl (C=O) groups is 2. The molecule has 1 heterocycles. The van der Waals surface area contributed by atoms with E-state index in [1.807, 2.05) is 30.0 Å². The molecule has 118 valence electrons.